The van der Waals surface area contributed by atoms with Crippen LogP contribution in [-0.4, -0.2) is 3.21 Å². The molecule has 2 aromatic rings. The second-order valence-corrected chi connectivity index (χ2v) is 19.4. The average molecular weight is 583 g/mol. The van der Waals surface area contributed by atoms with Crippen molar-refractivity contribution >= 4 is 3.21 Å². The molecule has 6 aliphatic carbocycles. The Bertz CT molecular complexity index is 1160. The van der Waals surface area contributed by atoms with Crippen LogP contribution in [0.2, 0.25) is 0 Å². The van der Waals surface area contributed by atoms with E-state index in [9.17, 15) is 0 Å². The molecular formula is C32H36Cl2Zr. The Morgan fingerprint density at radius 2 is 1.26 bits per heavy atom. The van der Waals surface area contributed by atoms with Gasteiger partial charge in [0, 0.05) is 0 Å². The van der Waals surface area contributed by atoms with Crippen LogP contribution in [0.1, 0.15) is 74.0 Å². The topological polar surface area (TPSA) is 0 Å². The van der Waals surface area contributed by atoms with Crippen molar-refractivity contribution in [1.82, 2.24) is 0 Å². The van der Waals surface area contributed by atoms with E-state index in [2.05, 4.69) is 81.5 Å². The molecule has 0 aliphatic heterocycles. The molecule has 0 nitrogen and oxygen atoms in total. The fraction of sp³-hybridized carbons (Fsp3) is 0.469. The molecule has 0 spiro atoms. The third-order valence-electron chi connectivity index (χ3n) is 9.86. The van der Waals surface area contributed by atoms with Crippen LogP contribution in [0.25, 0.3) is 11.1 Å². The summed E-state index contributed by atoms with van der Waals surface area (Å²) in [6, 6.07) is 18.7. The Kier molecular flexibility index (Phi) is 7.05. The second-order valence-electron chi connectivity index (χ2n) is 12.2. The Labute approximate surface area is 231 Å². The van der Waals surface area contributed by atoms with Crippen molar-refractivity contribution in [2.75, 3.05) is 0 Å². The summed E-state index contributed by atoms with van der Waals surface area (Å²) in [7, 11) is 0. The molecule has 1 unspecified atom stereocenters. The standard InChI is InChI=1S/C16H21.C13H9.C3H6.2ClH.Zr/c1-11-2-3-15(4-11)16-8-12-5-13(9-16)7-14(6-12)10-16;1-3-7-12-10(5-1)9-11-6-2-4-8-13(11)12;1-3-2;;;/h2-3,11-14H,5-10H2,1H3;1-9H;1-2H3;2*1H;/q;;;;;+2/p-2. The molecule has 1 atom stereocenters. The Morgan fingerprint density at radius 1 is 0.771 bits per heavy atom. The number of rotatable bonds is 3. The van der Waals surface area contributed by atoms with Gasteiger partial charge in [0.25, 0.3) is 0 Å². The molecule has 0 heterocycles. The van der Waals surface area contributed by atoms with Crippen molar-refractivity contribution in [2.45, 2.75) is 62.9 Å². The first-order chi connectivity index (χ1) is 16.0. The molecule has 0 aromatic heterocycles. The van der Waals surface area contributed by atoms with Crippen LogP contribution in [0, 0.1) is 29.1 Å². The zero-order valence-corrected chi connectivity index (χ0v) is 25.1. The fourth-order valence-corrected chi connectivity index (χ4v) is 18.4. The van der Waals surface area contributed by atoms with Gasteiger partial charge in [-0.3, -0.25) is 0 Å². The van der Waals surface area contributed by atoms with Gasteiger partial charge in [-0.2, -0.15) is 0 Å². The zero-order chi connectivity index (χ0) is 22.3. The van der Waals surface area contributed by atoms with Gasteiger partial charge >= 0.3 is 208 Å². The van der Waals surface area contributed by atoms with Crippen molar-refractivity contribution in [3.8, 4) is 11.1 Å². The van der Waals surface area contributed by atoms with Gasteiger partial charge in [-0.05, 0) is 0 Å². The van der Waals surface area contributed by atoms with E-state index in [4.69, 9.17) is 0 Å². The predicted molar refractivity (Wildman–Crippen MR) is 136 cm³/mol. The van der Waals surface area contributed by atoms with E-state index in [1.54, 1.807) is 14.3 Å². The van der Waals surface area contributed by atoms with Gasteiger partial charge in [0.15, 0.2) is 0 Å². The SMILES string of the molecule is C[C](C)=[Zr+2]([C]1=C(C23CC4CC(CC(C4)C2)C3)C=CC1C)[CH]1c2ccccc2-c2ccccc21.[Cl-].[Cl-]. The zero-order valence-electron chi connectivity index (χ0n) is 21.2. The summed E-state index contributed by atoms with van der Waals surface area (Å²) in [6.45, 7) is 7.51. The molecule has 0 radical (unpaired) electrons. The molecular weight excluding hydrogens is 546 g/mol. The maximum Gasteiger partial charge on any atom is -1.00 e. The number of allylic oxidation sites excluding steroid dienone is 4. The van der Waals surface area contributed by atoms with E-state index in [1.165, 1.54) is 49.7 Å². The summed E-state index contributed by atoms with van der Waals surface area (Å²) in [6.07, 6.45) is 14.3. The van der Waals surface area contributed by atoms with Crippen LogP contribution in [0.15, 0.2) is 69.5 Å². The molecule has 182 valence electrons. The summed E-state index contributed by atoms with van der Waals surface area (Å²) in [5, 5.41) is 0. The van der Waals surface area contributed by atoms with E-state index >= 15 is 0 Å². The summed E-state index contributed by atoms with van der Waals surface area (Å²) in [4.78, 5) is 0. The Hall–Kier alpha value is -0.747. The Morgan fingerprint density at radius 3 is 1.74 bits per heavy atom. The number of hydrogen-bond acceptors (Lipinski definition) is 0. The van der Waals surface area contributed by atoms with Gasteiger partial charge in [0.05, 0.1) is 0 Å². The minimum Gasteiger partial charge on any atom is -1.00 e. The van der Waals surface area contributed by atoms with Crippen LogP contribution < -0.4 is 24.8 Å². The van der Waals surface area contributed by atoms with Gasteiger partial charge in [0.1, 0.15) is 0 Å². The largest absolute Gasteiger partial charge is 1.00 e. The van der Waals surface area contributed by atoms with Crippen LogP contribution in [-0.2, 0) is 21.3 Å². The molecule has 2 aromatic carbocycles. The third-order valence-corrected chi connectivity index (χ3v) is 18.7. The molecule has 0 amide bonds. The van der Waals surface area contributed by atoms with Crippen molar-refractivity contribution in [1.29, 1.82) is 0 Å². The van der Waals surface area contributed by atoms with Crippen molar-refractivity contribution in [2.24, 2.45) is 29.1 Å². The van der Waals surface area contributed by atoms with E-state index in [0.717, 1.165) is 17.8 Å². The summed E-state index contributed by atoms with van der Waals surface area (Å²) >= 11 is -2.18. The monoisotopic (exact) mass is 580 g/mol. The molecule has 8 rings (SSSR count). The summed E-state index contributed by atoms with van der Waals surface area (Å²) in [5.74, 6) is 3.68. The molecule has 0 N–H and O–H groups in total. The van der Waals surface area contributed by atoms with Gasteiger partial charge in [-0.1, -0.05) is 0 Å². The van der Waals surface area contributed by atoms with Crippen molar-refractivity contribution in [3.63, 3.8) is 0 Å². The summed E-state index contributed by atoms with van der Waals surface area (Å²) < 4.78 is 4.39. The van der Waals surface area contributed by atoms with Crippen molar-refractivity contribution < 1.29 is 46.1 Å². The second kappa shape index (κ2) is 9.53. The predicted octanol–water partition coefficient (Wildman–Crippen LogP) is 2.27. The smallest absolute Gasteiger partial charge is 1.00 e. The van der Waals surface area contributed by atoms with E-state index in [-0.39, 0.29) is 24.8 Å². The van der Waals surface area contributed by atoms with E-state index in [1.807, 2.05) is 8.85 Å². The maximum absolute atomic E-state index is 2.66. The van der Waals surface area contributed by atoms with Gasteiger partial charge < -0.3 is 24.8 Å². The van der Waals surface area contributed by atoms with Gasteiger partial charge in [0.2, 0.25) is 0 Å². The number of benzene rings is 2. The molecule has 3 heteroatoms. The average Bonchev–Trinajstić information content (AvgIpc) is 3.33. The molecule has 35 heavy (non-hydrogen) atoms. The molecule has 0 saturated heterocycles. The van der Waals surface area contributed by atoms with Gasteiger partial charge in [-0.25, -0.2) is 0 Å². The minimum absolute atomic E-state index is 0. The first-order valence-electron chi connectivity index (χ1n) is 13.3. The van der Waals surface area contributed by atoms with Crippen molar-refractivity contribution in [3.05, 3.63) is 80.7 Å². The van der Waals surface area contributed by atoms with E-state index < -0.39 is 21.3 Å². The maximum atomic E-state index is 2.66. The van der Waals surface area contributed by atoms with E-state index in [0.29, 0.717) is 15.0 Å². The number of fused-ring (bicyclic) bond motifs is 3. The first kappa shape index (κ1) is 25.9. The van der Waals surface area contributed by atoms with Crippen LogP contribution in [0.3, 0.4) is 0 Å². The molecule has 4 fully saturated rings. The normalized spacial score (nSPS) is 31.4. The molecule has 4 saturated carbocycles. The fourth-order valence-electron chi connectivity index (χ4n) is 9.15. The van der Waals surface area contributed by atoms with Crippen LogP contribution in [0.5, 0.6) is 0 Å². The van der Waals surface area contributed by atoms with Gasteiger partial charge in [-0.15, -0.1) is 0 Å². The number of hydrogen-bond donors (Lipinski definition) is 0. The minimum atomic E-state index is -2.18. The first-order valence-corrected chi connectivity index (χ1v) is 17.2. The van der Waals surface area contributed by atoms with Crippen LogP contribution in [0.4, 0.5) is 0 Å². The third kappa shape index (κ3) is 3.90. The Balaban J connectivity index is 0.00000127. The van der Waals surface area contributed by atoms with Crippen LogP contribution >= 0.6 is 0 Å². The molecule has 6 aliphatic rings. The number of halogens is 2. The summed E-state index contributed by atoms with van der Waals surface area (Å²) in [5.41, 5.74) is 8.66. The molecule has 4 bridgehead atoms. The quantitative estimate of drug-likeness (QED) is 0.521.